The lowest BCUT2D eigenvalue weighted by Gasteiger charge is -2.37. The van der Waals surface area contributed by atoms with Crippen molar-refractivity contribution in [2.75, 3.05) is 25.5 Å². The molecule has 0 aromatic heterocycles. The minimum atomic E-state index is 0.126. The monoisotopic (exact) mass is 234 g/mol. The molecule has 0 unspecified atom stereocenters. The molecular weight excluding hydrogens is 208 g/mol. The number of likely N-dealkylation sites (N-methyl/N-ethyl adjacent to an activating group) is 2. The molecule has 2 heteroatoms. The predicted octanol–water partition coefficient (Wildman–Crippen LogP) is 3.07. The molecule has 0 amide bonds. The van der Waals surface area contributed by atoms with Crippen LogP contribution in [0.5, 0.6) is 0 Å². The molecule has 0 fully saturated rings. The van der Waals surface area contributed by atoms with Gasteiger partial charge in [-0.2, -0.15) is 0 Å². The zero-order valence-electron chi connectivity index (χ0n) is 11.9. The van der Waals surface area contributed by atoms with Crippen molar-refractivity contribution in [2.24, 2.45) is 0 Å². The molecule has 0 atom stereocenters. The van der Waals surface area contributed by atoms with E-state index in [4.69, 9.17) is 0 Å². The van der Waals surface area contributed by atoms with Gasteiger partial charge >= 0.3 is 0 Å². The summed E-state index contributed by atoms with van der Waals surface area (Å²) in [5.74, 6) is 0. The van der Waals surface area contributed by atoms with Gasteiger partial charge in [-0.3, -0.25) is 0 Å². The third kappa shape index (κ3) is 3.74. The van der Waals surface area contributed by atoms with Crippen molar-refractivity contribution in [3.8, 4) is 0 Å². The summed E-state index contributed by atoms with van der Waals surface area (Å²) >= 11 is 0. The van der Waals surface area contributed by atoms with Gasteiger partial charge in [-0.1, -0.05) is 25.5 Å². The molecule has 0 saturated carbocycles. The van der Waals surface area contributed by atoms with E-state index in [1.807, 2.05) is 7.05 Å². The van der Waals surface area contributed by atoms with Gasteiger partial charge in [0.15, 0.2) is 0 Å². The van der Waals surface area contributed by atoms with Crippen molar-refractivity contribution >= 4 is 5.69 Å². The summed E-state index contributed by atoms with van der Waals surface area (Å²) in [6, 6.07) is 8.93. The van der Waals surface area contributed by atoms with E-state index in [0.29, 0.717) is 0 Å². The number of aryl methyl sites for hydroxylation is 1. The summed E-state index contributed by atoms with van der Waals surface area (Å²) in [4.78, 5) is 2.33. The lowest BCUT2D eigenvalue weighted by molar-refractivity contribution is 0.463. The number of rotatable bonds is 6. The minimum absolute atomic E-state index is 0.126. The molecule has 96 valence electrons. The molecule has 0 saturated heterocycles. The SMILES string of the molecule is CCCc1ccc(N(C)C(C)(C)CNC)cc1. The fourth-order valence-corrected chi connectivity index (χ4v) is 2.08. The van der Waals surface area contributed by atoms with Crippen molar-refractivity contribution in [3.05, 3.63) is 29.8 Å². The summed E-state index contributed by atoms with van der Waals surface area (Å²) < 4.78 is 0. The number of benzene rings is 1. The molecule has 17 heavy (non-hydrogen) atoms. The van der Waals surface area contributed by atoms with Crippen molar-refractivity contribution in [3.63, 3.8) is 0 Å². The summed E-state index contributed by atoms with van der Waals surface area (Å²) in [7, 11) is 4.16. The first-order valence-corrected chi connectivity index (χ1v) is 6.48. The fraction of sp³-hybridized carbons (Fsp3) is 0.600. The highest BCUT2D eigenvalue weighted by molar-refractivity contribution is 5.49. The zero-order chi connectivity index (χ0) is 12.9. The summed E-state index contributed by atoms with van der Waals surface area (Å²) in [5.41, 5.74) is 2.84. The molecule has 1 N–H and O–H groups in total. The van der Waals surface area contributed by atoms with Crippen LogP contribution in [0.4, 0.5) is 5.69 Å². The van der Waals surface area contributed by atoms with Gasteiger partial charge in [0.1, 0.15) is 0 Å². The second-order valence-corrected chi connectivity index (χ2v) is 5.32. The molecule has 0 radical (unpaired) electrons. The average molecular weight is 234 g/mol. The van der Waals surface area contributed by atoms with Gasteiger partial charge in [0.25, 0.3) is 0 Å². The van der Waals surface area contributed by atoms with Crippen molar-refractivity contribution in [1.82, 2.24) is 5.32 Å². The first-order valence-electron chi connectivity index (χ1n) is 6.48. The van der Waals surface area contributed by atoms with E-state index in [0.717, 1.165) is 6.54 Å². The van der Waals surface area contributed by atoms with Crippen LogP contribution in [0, 0.1) is 0 Å². The quantitative estimate of drug-likeness (QED) is 0.814. The fourth-order valence-electron chi connectivity index (χ4n) is 2.08. The number of hydrogen-bond acceptors (Lipinski definition) is 2. The smallest absolute Gasteiger partial charge is 0.0466 e. The molecule has 0 bridgehead atoms. The van der Waals surface area contributed by atoms with Gasteiger partial charge in [-0.25, -0.2) is 0 Å². The highest BCUT2D eigenvalue weighted by Crippen LogP contribution is 2.22. The second kappa shape index (κ2) is 6.06. The highest BCUT2D eigenvalue weighted by Gasteiger charge is 2.22. The molecule has 1 rings (SSSR count). The lowest BCUT2D eigenvalue weighted by Crippen LogP contribution is -2.48. The number of nitrogens with one attached hydrogen (secondary N) is 1. The maximum atomic E-state index is 3.25. The second-order valence-electron chi connectivity index (χ2n) is 5.32. The van der Waals surface area contributed by atoms with Gasteiger partial charge in [0.05, 0.1) is 0 Å². The van der Waals surface area contributed by atoms with Crippen molar-refractivity contribution in [2.45, 2.75) is 39.2 Å². The van der Waals surface area contributed by atoms with Crippen molar-refractivity contribution in [1.29, 1.82) is 0 Å². The molecule has 2 nitrogen and oxygen atoms in total. The maximum Gasteiger partial charge on any atom is 0.0466 e. The molecule has 0 aliphatic heterocycles. The van der Waals surface area contributed by atoms with E-state index in [-0.39, 0.29) is 5.54 Å². The van der Waals surface area contributed by atoms with Crippen molar-refractivity contribution < 1.29 is 0 Å². The first kappa shape index (κ1) is 14.0. The Kier molecular flexibility index (Phi) is 5.01. The van der Waals surface area contributed by atoms with E-state index in [1.165, 1.54) is 24.1 Å². The number of anilines is 1. The Morgan fingerprint density at radius 2 is 1.76 bits per heavy atom. The topological polar surface area (TPSA) is 15.3 Å². The van der Waals surface area contributed by atoms with Crippen LogP contribution in [-0.2, 0) is 6.42 Å². The number of hydrogen-bond donors (Lipinski definition) is 1. The molecule has 1 aromatic carbocycles. The lowest BCUT2D eigenvalue weighted by atomic mass is 10.0. The predicted molar refractivity (Wildman–Crippen MR) is 76.8 cm³/mol. The Labute approximate surface area is 106 Å². The minimum Gasteiger partial charge on any atom is -0.368 e. The van der Waals surface area contributed by atoms with E-state index in [1.54, 1.807) is 0 Å². The molecule has 0 spiro atoms. The first-order chi connectivity index (χ1) is 8.01. The van der Waals surface area contributed by atoms with Gasteiger partial charge in [-0.15, -0.1) is 0 Å². The van der Waals surface area contributed by atoms with E-state index < -0.39 is 0 Å². The summed E-state index contributed by atoms with van der Waals surface area (Å²) in [6.45, 7) is 7.70. The van der Waals surface area contributed by atoms with E-state index in [9.17, 15) is 0 Å². The standard InChI is InChI=1S/C15H26N2/c1-6-7-13-8-10-14(11-9-13)17(5)15(2,3)12-16-4/h8-11,16H,6-7,12H2,1-5H3. The van der Waals surface area contributed by atoms with Crippen LogP contribution >= 0.6 is 0 Å². The van der Waals surface area contributed by atoms with Gasteiger partial charge in [0.2, 0.25) is 0 Å². The number of nitrogens with zero attached hydrogens (tertiary/aromatic N) is 1. The highest BCUT2D eigenvalue weighted by atomic mass is 15.2. The van der Waals surface area contributed by atoms with Crippen LogP contribution in [0.3, 0.4) is 0 Å². The zero-order valence-corrected chi connectivity index (χ0v) is 11.9. The molecule has 0 aliphatic rings. The molecule has 0 aliphatic carbocycles. The van der Waals surface area contributed by atoms with Gasteiger partial charge in [-0.05, 0) is 45.0 Å². The average Bonchev–Trinajstić information content (AvgIpc) is 2.29. The maximum absolute atomic E-state index is 3.25. The molecular formula is C15H26N2. The van der Waals surface area contributed by atoms with E-state index in [2.05, 4.69) is 62.3 Å². The Morgan fingerprint density at radius 1 is 1.18 bits per heavy atom. The third-order valence-electron chi connectivity index (χ3n) is 3.38. The third-order valence-corrected chi connectivity index (χ3v) is 3.38. The Bertz CT molecular complexity index is 327. The van der Waals surface area contributed by atoms with Crippen LogP contribution in [0.2, 0.25) is 0 Å². The summed E-state index contributed by atoms with van der Waals surface area (Å²) in [6.07, 6.45) is 2.38. The Morgan fingerprint density at radius 3 is 2.24 bits per heavy atom. The van der Waals surface area contributed by atoms with E-state index >= 15 is 0 Å². The van der Waals surface area contributed by atoms with Crippen LogP contribution < -0.4 is 10.2 Å². The van der Waals surface area contributed by atoms with Crippen LogP contribution in [0.25, 0.3) is 0 Å². The molecule has 1 aromatic rings. The molecule has 0 heterocycles. The van der Waals surface area contributed by atoms with Crippen LogP contribution in [-0.4, -0.2) is 26.2 Å². The van der Waals surface area contributed by atoms with Crippen LogP contribution in [0.1, 0.15) is 32.8 Å². The van der Waals surface area contributed by atoms with Gasteiger partial charge < -0.3 is 10.2 Å². The largest absolute Gasteiger partial charge is 0.368 e. The summed E-state index contributed by atoms with van der Waals surface area (Å²) in [5, 5.41) is 3.25. The Hall–Kier alpha value is -1.02. The van der Waals surface area contributed by atoms with Gasteiger partial charge in [0, 0.05) is 24.8 Å². The van der Waals surface area contributed by atoms with Crippen LogP contribution in [0.15, 0.2) is 24.3 Å². The Balaban J connectivity index is 2.78. The normalized spacial score (nSPS) is 11.6.